The molecule has 126 valence electrons. The van der Waals surface area contributed by atoms with Crippen LogP contribution in [0, 0.1) is 16.6 Å². The normalized spacial score (nSPS) is 10.5. The molecule has 0 spiro atoms. The molecule has 1 aromatic carbocycles. The Bertz CT molecular complexity index is 624. The van der Waals surface area contributed by atoms with Crippen LogP contribution in [0.4, 0.5) is 13.2 Å². The molecule has 5 nitrogen and oxygen atoms in total. The molecule has 0 saturated heterocycles. The van der Waals surface area contributed by atoms with Crippen LogP contribution < -0.4 is 5.32 Å². The monoisotopic (exact) mass is 347 g/mol. The van der Waals surface area contributed by atoms with Gasteiger partial charge in [0.05, 0.1) is 10.5 Å². The lowest BCUT2D eigenvalue weighted by molar-refractivity contribution is 0.0965. The van der Waals surface area contributed by atoms with Crippen LogP contribution in [0.5, 0.6) is 0 Å². The van der Waals surface area contributed by atoms with Crippen LogP contribution in [0.3, 0.4) is 0 Å². The molecule has 0 aliphatic rings. The lowest BCUT2D eigenvalue weighted by atomic mass is 10.1. The summed E-state index contributed by atoms with van der Waals surface area (Å²) >= 11 is 0.909. The highest BCUT2D eigenvalue weighted by molar-refractivity contribution is 7.99. The number of thioether (sulfide) groups is 1. The number of amides is 1. The van der Waals surface area contributed by atoms with Crippen molar-refractivity contribution in [3.63, 3.8) is 0 Å². The van der Waals surface area contributed by atoms with E-state index in [9.17, 15) is 18.0 Å². The SMILES string of the molecule is CCCSc1c(C(F)F)ccc(C(=O)NC(=N)OC(C)=N)c1F. The Labute approximate surface area is 135 Å². The van der Waals surface area contributed by atoms with E-state index < -0.39 is 35.3 Å². The molecule has 1 amide bonds. The molecule has 0 unspecified atom stereocenters. The fourth-order valence-electron chi connectivity index (χ4n) is 1.62. The van der Waals surface area contributed by atoms with E-state index in [1.54, 1.807) is 0 Å². The van der Waals surface area contributed by atoms with E-state index in [2.05, 4.69) is 4.74 Å². The lowest BCUT2D eigenvalue weighted by Gasteiger charge is -2.13. The van der Waals surface area contributed by atoms with Gasteiger partial charge < -0.3 is 4.74 Å². The Balaban J connectivity index is 3.09. The number of carbonyl (C=O) groups excluding carboxylic acids is 1. The summed E-state index contributed by atoms with van der Waals surface area (Å²) in [6.07, 6.45) is -2.21. The van der Waals surface area contributed by atoms with Gasteiger partial charge in [-0.2, -0.15) is 0 Å². The second-order valence-corrected chi connectivity index (χ2v) is 5.54. The van der Waals surface area contributed by atoms with E-state index in [0.717, 1.165) is 23.9 Å². The summed E-state index contributed by atoms with van der Waals surface area (Å²) in [6.45, 7) is 3.07. The van der Waals surface area contributed by atoms with Crippen LogP contribution >= 0.6 is 11.8 Å². The van der Waals surface area contributed by atoms with Crippen molar-refractivity contribution in [2.45, 2.75) is 31.6 Å². The number of alkyl halides is 2. The number of benzene rings is 1. The fourth-order valence-corrected chi connectivity index (χ4v) is 2.59. The molecule has 0 heterocycles. The van der Waals surface area contributed by atoms with Crippen molar-refractivity contribution in [3.8, 4) is 0 Å². The van der Waals surface area contributed by atoms with Crippen LogP contribution in [-0.4, -0.2) is 23.6 Å². The highest BCUT2D eigenvalue weighted by Gasteiger charge is 2.23. The summed E-state index contributed by atoms with van der Waals surface area (Å²) < 4.78 is 44.9. The first-order valence-corrected chi connectivity index (χ1v) is 7.62. The molecule has 23 heavy (non-hydrogen) atoms. The average Bonchev–Trinajstić information content (AvgIpc) is 2.44. The minimum Gasteiger partial charge on any atom is -0.412 e. The molecule has 1 rings (SSSR count). The zero-order chi connectivity index (χ0) is 17.6. The van der Waals surface area contributed by atoms with Gasteiger partial charge >= 0.3 is 0 Å². The number of hydrogen-bond acceptors (Lipinski definition) is 5. The lowest BCUT2D eigenvalue weighted by Crippen LogP contribution is -2.33. The zero-order valence-corrected chi connectivity index (χ0v) is 13.3. The zero-order valence-electron chi connectivity index (χ0n) is 12.5. The van der Waals surface area contributed by atoms with Crippen molar-refractivity contribution in [1.82, 2.24) is 5.32 Å². The van der Waals surface area contributed by atoms with Crippen LogP contribution in [0.2, 0.25) is 0 Å². The molecule has 0 radical (unpaired) electrons. The van der Waals surface area contributed by atoms with Gasteiger partial charge in [0, 0.05) is 12.5 Å². The largest absolute Gasteiger partial charge is 0.412 e. The number of halogens is 3. The van der Waals surface area contributed by atoms with Gasteiger partial charge in [-0.3, -0.25) is 20.9 Å². The quantitative estimate of drug-likeness (QED) is 0.428. The number of nitrogens with one attached hydrogen (secondary N) is 3. The molecule has 0 fully saturated rings. The van der Waals surface area contributed by atoms with Gasteiger partial charge in [0.1, 0.15) is 5.82 Å². The fraction of sp³-hybridized carbons (Fsp3) is 0.357. The van der Waals surface area contributed by atoms with Gasteiger partial charge in [0.15, 0.2) is 5.90 Å². The Morgan fingerprint density at radius 1 is 1.39 bits per heavy atom. The molecule has 0 aromatic heterocycles. The number of carbonyl (C=O) groups is 1. The summed E-state index contributed by atoms with van der Waals surface area (Å²) in [5.41, 5.74) is -0.942. The summed E-state index contributed by atoms with van der Waals surface area (Å²) in [5.74, 6) is -1.97. The minimum atomic E-state index is -2.86. The third-order valence-electron chi connectivity index (χ3n) is 2.54. The maximum Gasteiger partial charge on any atom is 0.295 e. The smallest absolute Gasteiger partial charge is 0.295 e. The van der Waals surface area contributed by atoms with E-state index in [1.807, 2.05) is 12.2 Å². The maximum absolute atomic E-state index is 14.4. The third kappa shape index (κ3) is 5.27. The van der Waals surface area contributed by atoms with Gasteiger partial charge in [0.2, 0.25) is 0 Å². The average molecular weight is 347 g/mol. The second kappa shape index (κ2) is 8.56. The van der Waals surface area contributed by atoms with Crippen molar-refractivity contribution in [2.24, 2.45) is 0 Å². The predicted molar refractivity (Wildman–Crippen MR) is 82.1 cm³/mol. The summed E-state index contributed by atoms with van der Waals surface area (Å²) in [6, 6.07) is 1.18. The maximum atomic E-state index is 14.4. The Hall–Kier alpha value is -2.03. The van der Waals surface area contributed by atoms with Crippen molar-refractivity contribution >= 4 is 29.6 Å². The van der Waals surface area contributed by atoms with Crippen molar-refractivity contribution in [2.75, 3.05) is 5.75 Å². The van der Waals surface area contributed by atoms with E-state index in [-0.39, 0.29) is 10.8 Å². The van der Waals surface area contributed by atoms with Gasteiger partial charge in [-0.05, 0) is 18.2 Å². The first-order valence-electron chi connectivity index (χ1n) is 6.64. The van der Waals surface area contributed by atoms with Crippen LogP contribution in [0.25, 0.3) is 0 Å². The van der Waals surface area contributed by atoms with Crippen LogP contribution in [0.1, 0.15) is 42.6 Å². The molecular formula is C14H16F3N3O2S. The molecule has 0 aliphatic heterocycles. The van der Waals surface area contributed by atoms with Gasteiger partial charge in [-0.25, -0.2) is 13.2 Å². The molecule has 0 bridgehead atoms. The number of hydrogen-bond donors (Lipinski definition) is 3. The Kier molecular flexibility index (Phi) is 7.08. The molecule has 0 atom stereocenters. The summed E-state index contributed by atoms with van der Waals surface area (Å²) in [4.78, 5) is 11.7. The third-order valence-corrected chi connectivity index (χ3v) is 3.86. The Morgan fingerprint density at radius 3 is 2.57 bits per heavy atom. The minimum absolute atomic E-state index is 0.273. The van der Waals surface area contributed by atoms with Crippen molar-refractivity contribution in [3.05, 3.63) is 29.1 Å². The Morgan fingerprint density at radius 2 is 2.04 bits per heavy atom. The van der Waals surface area contributed by atoms with Gasteiger partial charge in [-0.15, -0.1) is 11.8 Å². The van der Waals surface area contributed by atoms with E-state index in [4.69, 9.17) is 10.8 Å². The molecule has 0 aliphatic carbocycles. The number of ether oxygens (including phenoxy) is 1. The molecule has 1 aromatic rings. The van der Waals surface area contributed by atoms with E-state index in [0.29, 0.717) is 12.2 Å². The molecule has 9 heteroatoms. The first-order chi connectivity index (χ1) is 10.8. The van der Waals surface area contributed by atoms with Crippen molar-refractivity contribution in [1.29, 1.82) is 10.8 Å². The molecule has 0 saturated carbocycles. The standard InChI is InChI=1S/C14H16F3N3O2S/c1-3-6-23-11-9(12(16)17)5-4-8(10(11)15)13(21)20-14(19)22-7(2)18/h4-5,12,18H,3,6H2,1-2H3,(H2,19,20,21). The predicted octanol–water partition coefficient (Wildman–Crippen LogP) is 3.94. The van der Waals surface area contributed by atoms with Crippen LogP contribution in [-0.2, 0) is 4.74 Å². The van der Waals surface area contributed by atoms with E-state index >= 15 is 0 Å². The number of rotatable bonds is 5. The highest BCUT2D eigenvalue weighted by Crippen LogP contribution is 2.34. The topological polar surface area (TPSA) is 86.0 Å². The summed E-state index contributed by atoms with van der Waals surface area (Å²) in [5, 5.41) is 16.3. The van der Waals surface area contributed by atoms with Gasteiger partial charge in [0.25, 0.3) is 18.4 Å². The number of amidine groups is 1. The molecular weight excluding hydrogens is 331 g/mol. The van der Waals surface area contributed by atoms with E-state index in [1.165, 1.54) is 6.92 Å². The van der Waals surface area contributed by atoms with Crippen molar-refractivity contribution < 1.29 is 22.7 Å². The highest BCUT2D eigenvalue weighted by atomic mass is 32.2. The second-order valence-electron chi connectivity index (χ2n) is 4.44. The summed E-state index contributed by atoms with van der Waals surface area (Å²) in [7, 11) is 0. The molecule has 3 N–H and O–H groups in total. The van der Waals surface area contributed by atoms with Gasteiger partial charge in [-0.1, -0.05) is 13.0 Å². The first kappa shape index (κ1) is 19.0. The van der Waals surface area contributed by atoms with Crippen LogP contribution in [0.15, 0.2) is 17.0 Å².